The van der Waals surface area contributed by atoms with Crippen molar-refractivity contribution in [2.45, 2.75) is 25.8 Å². The summed E-state index contributed by atoms with van der Waals surface area (Å²) in [6.45, 7) is -1.13. The van der Waals surface area contributed by atoms with Gasteiger partial charge in [-0.2, -0.15) is 18.3 Å². The summed E-state index contributed by atoms with van der Waals surface area (Å²) >= 11 is 0. The molecule has 0 unspecified atom stereocenters. The molecule has 0 aliphatic heterocycles. The maximum absolute atomic E-state index is 13.4. The molecule has 1 aromatic heterocycles. The predicted molar refractivity (Wildman–Crippen MR) is 72.4 cm³/mol. The molecule has 1 N–H and O–H groups in total. The summed E-state index contributed by atoms with van der Waals surface area (Å²) in [4.78, 5) is 0. The fourth-order valence-electron chi connectivity index (χ4n) is 1.83. The fourth-order valence-corrected chi connectivity index (χ4v) is 1.83. The van der Waals surface area contributed by atoms with Crippen molar-refractivity contribution in [3.8, 4) is 0 Å². The van der Waals surface area contributed by atoms with Crippen molar-refractivity contribution < 1.29 is 22.0 Å². The van der Waals surface area contributed by atoms with Crippen molar-refractivity contribution in [3.63, 3.8) is 0 Å². The van der Waals surface area contributed by atoms with Crippen LogP contribution in [0.2, 0.25) is 0 Å². The van der Waals surface area contributed by atoms with Crippen LogP contribution in [0.1, 0.15) is 11.3 Å². The Kier molecular flexibility index (Phi) is 6.31. The zero-order valence-electron chi connectivity index (χ0n) is 11.2. The highest BCUT2D eigenvalue weighted by Gasteiger charge is 2.29. The Morgan fingerprint density at radius 2 is 1.82 bits per heavy atom. The average molecular weight is 342 g/mol. The van der Waals surface area contributed by atoms with Gasteiger partial charge in [-0.3, -0.25) is 4.68 Å². The van der Waals surface area contributed by atoms with E-state index in [4.69, 9.17) is 0 Å². The maximum atomic E-state index is 13.4. The second-order valence-electron chi connectivity index (χ2n) is 4.41. The molecule has 0 radical (unpaired) electrons. The van der Waals surface area contributed by atoms with E-state index in [-0.39, 0.29) is 31.1 Å². The van der Waals surface area contributed by atoms with Crippen molar-refractivity contribution in [2.75, 3.05) is 0 Å². The summed E-state index contributed by atoms with van der Waals surface area (Å²) in [7, 11) is 0. The first-order valence-electron chi connectivity index (χ1n) is 6.08. The summed E-state index contributed by atoms with van der Waals surface area (Å²) in [6, 6.07) is 5.19. The number of aromatic nitrogens is 2. The van der Waals surface area contributed by atoms with E-state index in [2.05, 4.69) is 10.4 Å². The van der Waals surface area contributed by atoms with Crippen LogP contribution in [0.15, 0.2) is 30.5 Å². The average Bonchev–Trinajstić information content (AvgIpc) is 2.80. The molecule has 0 spiro atoms. The number of alkyl halides is 3. The summed E-state index contributed by atoms with van der Waals surface area (Å²) in [6.07, 6.45) is -3.11. The van der Waals surface area contributed by atoms with Crippen LogP contribution in [0.4, 0.5) is 22.0 Å². The summed E-state index contributed by atoms with van der Waals surface area (Å²) in [5.74, 6) is -1.93. The Hall–Kier alpha value is -1.67. The second kappa shape index (κ2) is 7.55. The van der Waals surface area contributed by atoms with Gasteiger partial charge in [0.2, 0.25) is 0 Å². The molecular weight excluding hydrogens is 329 g/mol. The Labute approximate surface area is 129 Å². The quantitative estimate of drug-likeness (QED) is 0.844. The molecule has 0 atom stereocenters. The van der Waals surface area contributed by atoms with Crippen LogP contribution in [0.3, 0.4) is 0 Å². The standard InChI is InChI=1S/C13H12F5N3.ClH/c14-11-3-1-2-9(12(11)15)6-19-7-10-4-5-20-21(10)8-13(16,17)18;/h1-5,19H,6-8H2;1H. The molecule has 0 bridgehead atoms. The number of rotatable bonds is 5. The molecule has 0 saturated carbocycles. The van der Waals surface area contributed by atoms with Crippen LogP contribution in [0.5, 0.6) is 0 Å². The van der Waals surface area contributed by atoms with Gasteiger partial charge in [-0.15, -0.1) is 12.4 Å². The van der Waals surface area contributed by atoms with E-state index in [0.717, 1.165) is 10.7 Å². The molecule has 1 heterocycles. The van der Waals surface area contributed by atoms with Crippen molar-refractivity contribution in [2.24, 2.45) is 0 Å². The van der Waals surface area contributed by atoms with Crippen LogP contribution in [0.25, 0.3) is 0 Å². The first-order valence-corrected chi connectivity index (χ1v) is 6.08. The molecule has 0 amide bonds. The van der Waals surface area contributed by atoms with Gasteiger partial charge in [0.1, 0.15) is 6.54 Å². The largest absolute Gasteiger partial charge is 0.408 e. The first-order chi connectivity index (χ1) is 9.87. The molecular formula is C13H13ClF5N3. The number of nitrogens with one attached hydrogen (secondary N) is 1. The molecule has 0 aliphatic carbocycles. The van der Waals surface area contributed by atoms with E-state index < -0.39 is 24.4 Å². The SMILES string of the molecule is Cl.Fc1cccc(CNCc2ccnn2CC(F)(F)F)c1F. The third-order valence-electron chi connectivity index (χ3n) is 2.79. The topological polar surface area (TPSA) is 29.9 Å². The lowest BCUT2D eigenvalue weighted by Gasteiger charge is -2.11. The van der Waals surface area contributed by atoms with Crippen molar-refractivity contribution in [3.05, 3.63) is 53.4 Å². The van der Waals surface area contributed by atoms with E-state index in [1.54, 1.807) is 0 Å². The van der Waals surface area contributed by atoms with Crippen LogP contribution in [-0.4, -0.2) is 16.0 Å². The lowest BCUT2D eigenvalue weighted by Crippen LogP contribution is -2.23. The third-order valence-corrected chi connectivity index (χ3v) is 2.79. The van der Waals surface area contributed by atoms with Gasteiger partial charge in [0, 0.05) is 24.8 Å². The Morgan fingerprint density at radius 1 is 1.09 bits per heavy atom. The van der Waals surface area contributed by atoms with Crippen LogP contribution >= 0.6 is 12.4 Å². The minimum absolute atomic E-state index is 0. The molecule has 2 rings (SSSR count). The Balaban J connectivity index is 0.00000242. The van der Waals surface area contributed by atoms with Gasteiger partial charge < -0.3 is 5.32 Å². The van der Waals surface area contributed by atoms with Crippen molar-refractivity contribution in [1.29, 1.82) is 0 Å². The van der Waals surface area contributed by atoms with Crippen molar-refractivity contribution >= 4 is 12.4 Å². The highest BCUT2D eigenvalue weighted by molar-refractivity contribution is 5.85. The van der Waals surface area contributed by atoms with Gasteiger partial charge in [-0.1, -0.05) is 12.1 Å². The number of hydrogen-bond acceptors (Lipinski definition) is 2. The Morgan fingerprint density at radius 3 is 2.50 bits per heavy atom. The Bertz CT molecular complexity index is 612. The van der Waals surface area contributed by atoms with Crippen LogP contribution in [-0.2, 0) is 19.6 Å². The lowest BCUT2D eigenvalue weighted by atomic mass is 10.2. The minimum Gasteiger partial charge on any atom is -0.307 e. The third kappa shape index (κ3) is 4.96. The van der Waals surface area contributed by atoms with E-state index in [9.17, 15) is 22.0 Å². The number of benzene rings is 1. The van der Waals surface area contributed by atoms with Gasteiger partial charge in [0.25, 0.3) is 0 Å². The van der Waals surface area contributed by atoms with E-state index in [0.29, 0.717) is 5.69 Å². The van der Waals surface area contributed by atoms with E-state index in [1.807, 2.05) is 0 Å². The molecule has 22 heavy (non-hydrogen) atoms. The molecule has 122 valence electrons. The number of halogens is 6. The van der Waals surface area contributed by atoms with Crippen molar-refractivity contribution in [1.82, 2.24) is 15.1 Å². The minimum atomic E-state index is -4.37. The highest BCUT2D eigenvalue weighted by Crippen LogP contribution is 2.18. The molecule has 9 heteroatoms. The zero-order chi connectivity index (χ0) is 15.5. The van der Waals surface area contributed by atoms with Gasteiger partial charge in [-0.25, -0.2) is 8.78 Å². The molecule has 0 saturated heterocycles. The summed E-state index contributed by atoms with van der Waals surface area (Å²) in [5, 5.41) is 6.34. The number of nitrogens with zero attached hydrogens (tertiary/aromatic N) is 2. The monoisotopic (exact) mass is 341 g/mol. The fraction of sp³-hybridized carbons (Fsp3) is 0.308. The van der Waals surface area contributed by atoms with Gasteiger partial charge >= 0.3 is 6.18 Å². The summed E-state index contributed by atoms with van der Waals surface area (Å²) in [5.41, 5.74) is 0.418. The first kappa shape index (κ1) is 18.4. The van der Waals surface area contributed by atoms with E-state index >= 15 is 0 Å². The van der Waals surface area contributed by atoms with Crippen LogP contribution in [0, 0.1) is 11.6 Å². The van der Waals surface area contributed by atoms with Crippen LogP contribution < -0.4 is 5.32 Å². The molecule has 2 aromatic rings. The van der Waals surface area contributed by atoms with E-state index in [1.165, 1.54) is 24.4 Å². The maximum Gasteiger partial charge on any atom is 0.408 e. The molecule has 1 aromatic carbocycles. The second-order valence-corrected chi connectivity index (χ2v) is 4.41. The molecule has 3 nitrogen and oxygen atoms in total. The van der Waals surface area contributed by atoms with Gasteiger partial charge in [-0.05, 0) is 12.1 Å². The normalized spacial score (nSPS) is 11.3. The lowest BCUT2D eigenvalue weighted by molar-refractivity contribution is -0.143. The number of hydrogen-bond donors (Lipinski definition) is 1. The summed E-state index contributed by atoms with van der Waals surface area (Å²) < 4.78 is 64.1. The zero-order valence-corrected chi connectivity index (χ0v) is 12.0. The predicted octanol–water partition coefficient (Wildman–Crippen LogP) is 3.44. The van der Waals surface area contributed by atoms with Gasteiger partial charge in [0.05, 0.1) is 5.69 Å². The smallest absolute Gasteiger partial charge is 0.307 e. The highest BCUT2D eigenvalue weighted by atomic mass is 35.5. The molecule has 0 aliphatic rings. The molecule has 0 fully saturated rings. The van der Waals surface area contributed by atoms with Gasteiger partial charge in [0.15, 0.2) is 11.6 Å².